The van der Waals surface area contributed by atoms with Crippen molar-refractivity contribution in [2.24, 2.45) is 0 Å². The predicted molar refractivity (Wildman–Crippen MR) is 117 cm³/mol. The predicted octanol–water partition coefficient (Wildman–Crippen LogP) is 4.06. The van der Waals surface area contributed by atoms with Gasteiger partial charge in [-0.1, -0.05) is 30.3 Å². The van der Waals surface area contributed by atoms with E-state index in [9.17, 15) is 14.3 Å². The summed E-state index contributed by atoms with van der Waals surface area (Å²) in [7, 11) is 0. The van der Waals surface area contributed by atoms with Gasteiger partial charge in [-0.3, -0.25) is 4.79 Å². The van der Waals surface area contributed by atoms with Crippen LogP contribution in [0, 0.1) is 5.82 Å². The van der Waals surface area contributed by atoms with Crippen molar-refractivity contribution in [2.75, 3.05) is 13.2 Å². The third kappa shape index (κ3) is 5.19. The van der Waals surface area contributed by atoms with Gasteiger partial charge in [0.25, 0.3) is 0 Å². The first-order chi connectivity index (χ1) is 15.6. The van der Waals surface area contributed by atoms with Crippen LogP contribution in [0.5, 0.6) is 11.5 Å². The van der Waals surface area contributed by atoms with E-state index in [-0.39, 0.29) is 24.8 Å². The molecule has 1 atom stereocenters. The molecule has 3 aromatic carbocycles. The lowest BCUT2D eigenvalue weighted by molar-refractivity contribution is 0.0621. The molecule has 0 aliphatic heterocycles. The maximum atomic E-state index is 13.0. The number of halogens is 1. The molecule has 1 N–H and O–H groups in total. The Labute approximate surface area is 184 Å². The lowest BCUT2D eigenvalue weighted by Crippen LogP contribution is -2.25. The third-order valence-electron chi connectivity index (χ3n) is 4.68. The Balaban J connectivity index is 1.39. The average molecular weight is 432 g/mol. The number of ketones is 1. The van der Waals surface area contributed by atoms with Crippen molar-refractivity contribution >= 4 is 5.78 Å². The van der Waals surface area contributed by atoms with Crippen LogP contribution in [0.25, 0.3) is 5.69 Å². The molecular weight excluding hydrogens is 411 g/mol. The van der Waals surface area contributed by atoms with Gasteiger partial charge in [0.15, 0.2) is 5.78 Å². The molecule has 0 saturated carbocycles. The van der Waals surface area contributed by atoms with Crippen LogP contribution in [0.4, 0.5) is 4.39 Å². The Kier molecular flexibility index (Phi) is 6.57. The van der Waals surface area contributed by atoms with Crippen molar-refractivity contribution in [1.29, 1.82) is 0 Å². The SMILES string of the molecule is O=C(c1cnn(-c2ccccc2)c1)c1ccccc1OCC(O)COc1ccc(F)cc1. The minimum Gasteiger partial charge on any atom is -0.491 e. The highest BCUT2D eigenvalue weighted by atomic mass is 19.1. The van der Waals surface area contributed by atoms with Gasteiger partial charge >= 0.3 is 0 Å². The third-order valence-corrected chi connectivity index (χ3v) is 4.68. The van der Waals surface area contributed by atoms with E-state index in [1.165, 1.54) is 30.5 Å². The van der Waals surface area contributed by atoms with Crippen LogP contribution in [0.1, 0.15) is 15.9 Å². The number of nitrogens with zero attached hydrogens (tertiary/aromatic N) is 2. The molecule has 0 spiro atoms. The minimum atomic E-state index is -0.941. The van der Waals surface area contributed by atoms with Crippen LogP contribution in [-0.4, -0.2) is 40.0 Å². The van der Waals surface area contributed by atoms with E-state index >= 15 is 0 Å². The normalized spacial score (nSPS) is 11.7. The van der Waals surface area contributed by atoms with Gasteiger partial charge in [-0.25, -0.2) is 9.07 Å². The number of ether oxygens (including phenoxy) is 2. The molecule has 7 heteroatoms. The van der Waals surface area contributed by atoms with Gasteiger partial charge in [-0.15, -0.1) is 0 Å². The fourth-order valence-electron chi connectivity index (χ4n) is 3.05. The summed E-state index contributed by atoms with van der Waals surface area (Å²) in [6, 6.07) is 21.8. The van der Waals surface area contributed by atoms with Gasteiger partial charge in [0.1, 0.15) is 36.6 Å². The van der Waals surface area contributed by atoms with Gasteiger partial charge in [0, 0.05) is 6.20 Å². The number of aromatic nitrogens is 2. The van der Waals surface area contributed by atoms with Gasteiger partial charge < -0.3 is 14.6 Å². The monoisotopic (exact) mass is 432 g/mol. The molecule has 4 rings (SSSR count). The van der Waals surface area contributed by atoms with Crippen molar-refractivity contribution in [3.63, 3.8) is 0 Å². The summed E-state index contributed by atoms with van der Waals surface area (Å²) in [4.78, 5) is 13.0. The van der Waals surface area contributed by atoms with E-state index < -0.39 is 6.10 Å². The smallest absolute Gasteiger partial charge is 0.199 e. The van der Waals surface area contributed by atoms with Gasteiger partial charge in [0.05, 0.1) is 23.0 Å². The van der Waals surface area contributed by atoms with Crippen molar-refractivity contribution in [1.82, 2.24) is 9.78 Å². The van der Waals surface area contributed by atoms with Gasteiger partial charge in [0.2, 0.25) is 0 Å². The number of aliphatic hydroxyl groups is 1. The summed E-state index contributed by atoms with van der Waals surface area (Å²) < 4.78 is 25.7. The van der Waals surface area contributed by atoms with Crippen LogP contribution in [0.15, 0.2) is 91.3 Å². The van der Waals surface area contributed by atoms with E-state index in [4.69, 9.17) is 9.47 Å². The number of carbonyl (C=O) groups is 1. The van der Waals surface area contributed by atoms with E-state index in [1.807, 2.05) is 30.3 Å². The Morgan fingerprint density at radius 2 is 1.62 bits per heavy atom. The first-order valence-electron chi connectivity index (χ1n) is 10.0. The van der Waals surface area contributed by atoms with E-state index in [0.29, 0.717) is 22.6 Å². The molecule has 162 valence electrons. The number of rotatable bonds is 9. The van der Waals surface area contributed by atoms with Crippen LogP contribution in [0.2, 0.25) is 0 Å². The molecule has 0 fully saturated rings. The first-order valence-corrected chi connectivity index (χ1v) is 10.0. The fourth-order valence-corrected chi connectivity index (χ4v) is 3.05. The lowest BCUT2D eigenvalue weighted by atomic mass is 10.1. The summed E-state index contributed by atoms with van der Waals surface area (Å²) in [6.45, 7) is -0.111. The topological polar surface area (TPSA) is 73.6 Å². The lowest BCUT2D eigenvalue weighted by Gasteiger charge is -2.15. The Morgan fingerprint density at radius 1 is 0.938 bits per heavy atom. The molecule has 0 aliphatic carbocycles. The highest BCUT2D eigenvalue weighted by Gasteiger charge is 2.17. The summed E-state index contributed by atoms with van der Waals surface area (Å²) in [5.41, 5.74) is 1.64. The molecule has 0 radical (unpaired) electrons. The fraction of sp³-hybridized carbons (Fsp3) is 0.120. The first kappa shape index (κ1) is 21.3. The molecule has 32 heavy (non-hydrogen) atoms. The standard InChI is InChI=1S/C25H21FN2O4/c26-19-10-12-22(13-11-19)31-16-21(29)17-32-24-9-5-4-8-23(24)25(30)18-14-27-28(15-18)20-6-2-1-3-7-20/h1-15,21,29H,16-17H2. The molecule has 0 bridgehead atoms. The molecule has 4 aromatic rings. The maximum absolute atomic E-state index is 13.0. The molecular formula is C25H21FN2O4. The Hall–Kier alpha value is -3.97. The number of carbonyl (C=O) groups excluding carboxylic acids is 1. The second-order valence-corrected chi connectivity index (χ2v) is 7.06. The number of aliphatic hydroxyl groups excluding tert-OH is 1. The highest BCUT2D eigenvalue weighted by Crippen LogP contribution is 2.22. The van der Waals surface area contributed by atoms with E-state index in [2.05, 4.69) is 5.10 Å². The highest BCUT2D eigenvalue weighted by molar-refractivity contribution is 6.10. The van der Waals surface area contributed by atoms with Crippen LogP contribution < -0.4 is 9.47 Å². The summed E-state index contributed by atoms with van der Waals surface area (Å²) >= 11 is 0. The van der Waals surface area contributed by atoms with Gasteiger partial charge in [-0.05, 0) is 48.5 Å². The van der Waals surface area contributed by atoms with Crippen LogP contribution >= 0.6 is 0 Å². The zero-order valence-corrected chi connectivity index (χ0v) is 17.1. The molecule has 1 heterocycles. The Morgan fingerprint density at radius 3 is 2.41 bits per heavy atom. The van der Waals surface area contributed by atoms with E-state index in [1.54, 1.807) is 35.1 Å². The second kappa shape index (κ2) is 9.89. The maximum Gasteiger partial charge on any atom is 0.199 e. The Bertz CT molecular complexity index is 1180. The molecule has 1 unspecified atom stereocenters. The van der Waals surface area contributed by atoms with Crippen molar-refractivity contribution < 1.29 is 23.8 Å². The largest absolute Gasteiger partial charge is 0.491 e. The number of hydrogen-bond acceptors (Lipinski definition) is 5. The molecule has 0 aliphatic rings. The number of hydrogen-bond donors (Lipinski definition) is 1. The zero-order chi connectivity index (χ0) is 22.3. The molecule has 0 amide bonds. The molecule has 1 aromatic heterocycles. The quantitative estimate of drug-likeness (QED) is 0.404. The summed E-state index contributed by atoms with van der Waals surface area (Å²) in [5, 5.41) is 14.5. The van der Waals surface area contributed by atoms with Crippen molar-refractivity contribution in [2.45, 2.75) is 6.10 Å². The number of benzene rings is 3. The van der Waals surface area contributed by atoms with Crippen LogP contribution in [0.3, 0.4) is 0 Å². The van der Waals surface area contributed by atoms with Crippen molar-refractivity contribution in [3.8, 4) is 17.2 Å². The van der Waals surface area contributed by atoms with Crippen LogP contribution in [-0.2, 0) is 0 Å². The van der Waals surface area contributed by atoms with E-state index in [0.717, 1.165) is 5.69 Å². The number of para-hydroxylation sites is 2. The average Bonchev–Trinajstić information content (AvgIpc) is 3.33. The minimum absolute atomic E-state index is 0.0361. The zero-order valence-electron chi connectivity index (χ0n) is 17.1. The summed E-state index contributed by atoms with van der Waals surface area (Å²) in [5.74, 6) is 0.193. The van der Waals surface area contributed by atoms with Gasteiger partial charge in [-0.2, -0.15) is 5.10 Å². The van der Waals surface area contributed by atoms with Crippen molar-refractivity contribution in [3.05, 3.63) is 108 Å². The molecule has 0 saturated heterocycles. The molecule has 6 nitrogen and oxygen atoms in total. The second-order valence-electron chi connectivity index (χ2n) is 7.06. The summed E-state index contributed by atoms with van der Waals surface area (Å²) in [6.07, 6.45) is 2.24.